The van der Waals surface area contributed by atoms with Gasteiger partial charge in [-0.05, 0) is 85.7 Å². The van der Waals surface area contributed by atoms with Crippen molar-refractivity contribution in [3.8, 4) is 5.88 Å². The van der Waals surface area contributed by atoms with Crippen LogP contribution in [0.15, 0.2) is 11.6 Å². The minimum atomic E-state index is -0.945. The van der Waals surface area contributed by atoms with E-state index in [1.54, 1.807) is 4.90 Å². The van der Waals surface area contributed by atoms with Crippen LogP contribution in [0.1, 0.15) is 102 Å². The highest BCUT2D eigenvalue weighted by atomic mass is 16.6. The lowest BCUT2D eigenvalue weighted by atomic mass is 9.62. The van der Waals surface area contributed by atoms with Crippen molar-refractivity contribution in [3.05, 3.63) is 23.2 Å². The third-order valence-corrected chi connectivity index (χ3v) is 9.17. The molecule has 2 saturated carbocycles. The number of ketones is 2. The zero-order chi connectivity index (χ0) is 29.4. The summed E-state index contributed by atoms with van der Waals surface area (Å²) in [6.45, 7) is 8.12. The van der Waals surface area contributed by atoms with Crippen LogP contribution in [0.2, 0.25) is 0 Å². The SMILES string of the molecule is CN1CCC[C@H]1COc1cc([C@@H]2CCN(C(=O)OC(C)(C)C)C2)nc(/C(N)=C2\CCC[C@@]3(CCCCC3=O)C2=O)n1. The second-order valence-electron chi connectivity index (χ2n) is 13.2. The number of nitrogens with zero attached hydrogens (tertiary/aromatic N) is 4. The molecule has 1 aromatic rings. The van der Waals surface area contributed by atoms with Crippen LogP contribution >= 0.6 is 0 Å². The Kier molecular flexibility index (Phi) is 8.41. The van der Waals surface area contributed by atoms with Crippen molar-refractivity contribution in [2.24, 2.45) is 11.1 Å². The highest BCUT2D eigenvalue weighted by Gasteiger charge is 2.49. The topological polar surface area (TPSA) is 128 Å². The van der Waals surface area contributed by atoms with E-state index in [2.05, 4.69) is 16.9 Å². The molecule has 1 spiro atoms. The molecule has 0 bridgehead atoms. The molecule has 41 heavy (non-hydrogen) atoms. The molecule has 2 saturated heterocycles. The first-order chi connectivity index (χ1) is 19.5. The van der Waals surface area contributed by atoms with Crippen molar-refractivity contribution in [3.63, 3.8) is 0 Å². The van der Waals surface area contributed by atoms with Gasteiger partial charge in [0.1, 0.15) is 18.0 Å². The number of ether oxygens (including phenoxy) is 2. The Hall–Kier alpha value is -3.01. The summed E-state index contributed by atoms with van der Waals surface area (Å²) < 4.78 is 11.8. The van der Waals surface area contributed by atoms with Crippen molar-refractivity contribution in [1.29, 1.82) is 0 Å². The van der Waals surface area contributed by atoms with E-state index in [0.29, 0.717) is 69.3 Å². The van der Waals surface area contributed by atoms with E-state index in [1.807, 2.05) is 26.8 Å². The van der Waals surface area contributed by atoms with Gasteiger partial charge in [-0.3, -0.25) is 9.59 Å². The summed E-state index contributed by atoms with van der Waals surface area (Å²) in [6, 6.07) is 2.15. The summed E-state index contributed by atoms with van der Waals surface area (Å²) in [5.41, 5.74) is 6.60. The molecular weight excluding hydrogens is 522 g/mol. The highest BCUT2D eigenvalue weighted by molar-refractivity contribution is 6.17. The fourth-order valence-electron chi connectivity index (χ4n) is 6.78. The Balaban J connectivity index is 1.44. The molecule has 2 N–H and O–H groups in total. The van der Waals surface area contributed by atoms with Gasteiger partial charge in [-0.15, -0.1) is 0 Å². The van der Waals surface area contributed by atoms with E-state index >= 15 is 0 Å². The Morgan fingerprint density at radius 3 is 2.56 bits per heavy atom. The van der Waals surface area contributed by atoms with Gasteiger partial charge in [0.15, 0.2) is 11.6 Å². The molecule has 0 radical (unpaired) electrons. The third kappa shape index (κ3) is 6.27. The van der Waals surface area contributed by atoms with Gasteiger partial charge in [-0.2, -0.15) is 4.98 Å². The normalized spacial score (nSPS) is 28.8. The summed E-state index contributed by atoms with van der Waals surface area (Å²) in [6.07, 6.45) is 7.16. The number of carbonyl (C=O) groups excluding carboxylic acids is 3. The lowest BCUT2D eigenvalue weighted by Gasteiger charge is -2.38. The van der Waals surface area contributed by atoms with Crippen molar-refractivity contribution in [2.75, 3.05) is 33.3 Å². The summed E-state index contributed by atoms with van der Waals surface area (Å²) in [4.78, 5) is 53.0. The molecule has 2 aliphatic carbocycles. The number of hydrogen-bond donors (Lipinski definition) is 1. The Morgan fingerprint density at radius 2 is 1.85 bits per heavy atom. The smallest absolute Gasteiger partial charge is 0.410 e. The first-order valence-electron chi connectivity index (χ1n) is 15.2. The fraction of sp³-hybridized carbons (Fsp3) is 0.710. The third-order valence-electron chi connectivity index (χ3n) is 9.17. The fourth-order valence-corrected chi connectivity index (χ4v) is 6.78. The maximum Gasteiger partial charge on any atom is 0.410 e. The van der Waals surface area contributed by atoms with E-state index in [-0.39, 0.29) is 35.1 Å². The van der Waals surface area contributed by atoms with E-state index in [9.17, 15) is 14.4 Å². The minimum absolute atomic E-state index is 0.0475. The zero-order valence-corrected chi connectivity index (χ0v) is 25.0. The van der Waals surface area contributed by atoms with Gasteiger partial charge >= 0.3 is 6.09 Å². The van der Waals surface area contributed by atoms with Crippen LogP contribution in [-0.4, -0.2) is 82.4 Å². The molecule has 1 aromatic heterocycles. The molecular formula is C31H45N5O5. The molecule has 4 fully saturated rings. The Morgan fingerprint density at radius 1 is 1.07 bits per heavy atom. The zero-order valence-electron chi connectivity index (χ0n) is 25.0. The summed E-state index contributed by atoms with van der Waals surface area (Å²) >= 11 is 0. The average Bonchev–Trinajstić information content (AvgIpc) is 3.58. The average molecular weight is 568 g/mol. The van der Waals surface area contributed by atoms with E-state index < -0.39 is 11.0 Å². The molecule has 0 aromatic carbocycles. The van der Waals surface area contributed by atoms with Gasteiger partial charge in [0.2, 0.25) is 5.88 Å². The van der Waals surface area contributed by atoms with Gasteiger partial charge in [-0.1, -0.05) is 6.42 Å². The van der Waals surface area contributed by atoms with Gasteiger partial charge in [0.25, 0.3) is 0 Å². The number of carbonyl (C=O) groups is 3. The van der Waals surface area contributed by atoms with Gasteiger partial charge in [-0.25, -0.2) is 9.78 Å². The number of nitrogens with two attached hydrogens (primary N) is 1. The van der Waals surface area contributed by atoms with Crippen LogP contribution in [0.25, 0.3) is 5.70 Å². The second kappa shape index (κ2) is 11.7. The van der Waals surface area contributed by atoms with Crippen molar-refractivity contribution >= 4 is 23.4 Å². The number of likely N-dealkylation sites (N-methyl/N-ethyl adjacent to an activating group) is 1. The molecule has 4 aliphatic rings. The number of rotatable bonds is 5. The van der Waals surface area contributed by atoms with Crippen LogP contribution in [0.5, 0.6) is 5.88 Å². The Labute approximate surface area is 243 Å². The summed E-state index contributed by atoms with van der Waals surface area (Å²) in [7, 11) is 2.10. The van der Waals surface area contributed by atoms with E-state index in [1.165, 1.54) is 0 Å². The minimum Gasteiger partial charge on any atom is -0.476 e. The summed E-state index contributed by atoms with van der Waals surface area (Å²) in [5, 5.41) is 0. The predicted molar refractivity (Wildman–Crippen MR) is 154 cm³/mol. The van der Waals surface area contributed by atoms with Gasteiger partial charge in [0, 0.05) is 43.1 Å². The highest BCUT2D eigenvalue weighted by Crippen LogP contribution is 2.45. The monoisotopic (exact) mass is 567 g/mol. The van der Waals surface area contributed by atoms with E-state index in [4.69, 9.17) is 20.2 Å². The quantitative estimate of drug-likeness (QED) is 0.411. The van der Waals surface area contributed by atoms with Gasteiger partial charge < -0.3 is 25.0 Å². The molecule has 0 unspecified atom stereocenters. The largest absolute Gasteiger partial charge is 0.476 e. The first-order valence-corrected chi connectivity index (χ1v) is 15.2. The van der Waals surface area contributed by atoms with Crippen LogP contribution in [0.3, 0.4) is 0 Å². The van der Waals surface area contributed by atoms with Crippen molar-refractivity contribution in [1.82, 2.24) is 19.8 Å². The van der Waals surface area contributed by atoms with Crippen LogP contribution in [0, 0.1) is 5.41 Å². The molecule has 1 amide bonds. The van der Waals surface area contributed by atoms with E-state index in [0.717, 1.165) is 44.3 Å². The Bertz CT molecular complexity index is 1220. The maximum absolute atomic E-state index is 13.8. The second-order valence-corrected chi connectivity index (χ2v) is 13.2. The lowest BCUT2D eigenvalue weighted by molar-refractivity contribution is -0.143. The number of Topliss-reactive ketones (excluding diaryl/α,β-unsaturated/α-hetero) is 2. The van der Waals surface area contributed by atoms with Crippen LogP contribution < -0.4 is 10.5 Å². The van der Waals surface area contributed by atoms with Crippen molar-refractivity contribution in [2.45, 2.75) is 103 Å². The number of hydrogen-bond acceptors (Lipinski definition) is 9. The number of allylic oxidation sites excluding steroid dienone is 1. The predicted octanol–water partition coefficient (Wildman–Crippen LogP) is 4.23. The number of amides is 1. The van der Waals surface area contributed by atoms with Gasteiger partial charge in [0.05, 0.1) is 16.8 Å². The molecule has 10 nitrogen and oxygen atoms in total. The molecule has 3 heterocycles. The lowest BCUT2D eigenvalue weighted by Crippen LogP contribution is -2.45. The first kappa shape index (κ1) is 29.5. The molecule has 3 atom stereocenters. The molecule has 10 heteroatoms. The molecule has 5 rings (SSSR count). The number of aromatic nitrogens is 2. The maximum atomic E-state index is 13.8. The summed E-state index contributed by atoms with van der Waals surface area (Å²) in [5.74, 6) is 0.526. The molecule has 2 aliphatic heterocycles. The van der Waals surface area contributed by atoms with Crippen molar-refractivity contribution < 1.29 is 23.9 Å². The van der Waals surface area contributed by atoms with Crippen LogP contribution in [0.4, 0.5) is 4.79 Å². The van der Waals surface area contributed by atoms with Crippen LogP contribution in [-0.2, 0) is 14.3 Å². The standard InChI is InChI=1S/C31H45N5O5/c1-30(2,3)41-29(39)36-16-12-20(18-36)23-17-25(40-19-21-9-8-15-35(21)4)34-28(33-23)26(32)22-10-7-14-31(27(22)38)13-6-5-11-24(31)37/h17,20-21H,5-16,18-19,32H2,1-4H3/b26-22-/t20-,21+,31-/m1/s1. The number of likely N-dealkylation sites (tertiary alicyclic amines) is 2. The molecule has 224 valence electrons.